The number of nitrogens with two attached hydrogens (primary N) is 1. The summed E-state index contributed by atoms with van der Waals surface area (Å²) in [5.41, 5.74) is 5.87. The number of carbonyl (C=O) groups is 1. The fraction of sp³-hybridized carbons (Fsp3) is 0.458. The Labute approximate surface area is 187 Å². The summed E-state index contributed by atoms with van der Waals surface area (Å²) in [5, 5.41) is 5.99. The van der Waals surface area contributed by atoms with Crippen LogP contribution in [0.3, 0.4) is 0 Å². The maximum absolute atomic E-state index is 14.7. The first-order valence-corrected chi connectivity index (χ1v) is 10.9. The number of hydrogen-bond acceptors (Lipinski definition) is 4. The molecular formula is C24H31F3N4O. The minimum atomic E-state index is -1.21. The lowest BCUT2D eigenvalue weighted by Gasteiger charge is -2.51. The summed E-state index contributed by atoms with van der Waals surface area (Å²) >= 11 is 0. The predicted molar refractivity (Wildman–Crippen MR) is 121 cm³/mol. The first-order valence-electron chi connectivity index (χ1n) is 10.9. The highest BCUT2D eigenvalue weighted by Crippen LogP contribution is 2.37. The molecule has 1 aliphatic rings. The largest absolute Gasteiger partial charge is 0.350 e. The molecule has 1 saturated heterocycles. The second-order valence-electron chi connectivity index (χ2n) is 8.82. The van der Waals surface area contributed by atoms with Crippen molar-refractivity contribution in [3.05, 3.63) is 58.9 Å². The van der Waals surface area contributed by atoms with Crippen molar-refractivity contribution in [2.45, 2.75) is 39.7 Å². The van der Waals surface area contributed by atoms with Crippen molar-refractivity contribution < 1.29 is 18.0 Å². The Morgan fingerprint density at radius 1 is 1.19 bits per heavy atom. The molecule has 2 aromatic rings. The number of aryl methyl sites for hydroxylation is 1. The van der Waals surface area contributed by atoms with Crippen LogP contribution in [0.5, 0.6) is 0 Å². The molecule has 4 N–H and O–H groups in total. The van der Waals surface area contributed by atoms with E-state index in [0.717, 1.165) is 25.5 Å². The van der Waals surface area contributed by atoms with E-state index >= 15 is 0 Å². The molecule has 174 valence electrons. The zero-order valence-corrected chi connectivity index (χ0v) is 18.8. The Kier molecular flexibility index (Phi) is 7.46. The third-order valence-corrected chi connectivity index (χ3v) is 6.01. The van der Waals surface area contributed by atoms with Crippen molar-refractivity contribution in [2.24, 2.45) is 11.1 Å². The summed E-state index contributed by atoms with van der Waals surface area (Å²) < 4.78 is 43.0. The predicted octanol–water partition coefficient (Wildman–Crippen LogP) is 4.34. The number of halogens is 3. The molecule has 1 atom stereocenters. The maximum Gasteiger partial charge on any atom is 0.256 e. The van der Waals surface area contributed by atoms with Gasteiger partial charge in [-0.3, -0.25) is 4.79 Å². The Balaban J connectivity index is 1.82. The summed E-state index contributed by atoms with van der Waals surface area (Å²) in [6.07, 6.45) is 1.89. The van der Waals surface area contributed by atoms with Gasteiger partial charge in [0.2, 0.25) is 0 Å². The van der Waals surface area contributed by atoms with E-state index in [4.69, 9.17) is 5.73 Å². The van der Waals surface area contributed by atoms with E-state index in [1.807, 2.05) is 6.92 Å². The van der Waals surface area contributed by atoms with Gasteiger partial charge in [0.1, 0.15) is 5.82 Å². The van der Waals surface area contributed by atoms with Crippen molar-refractivity contribution in [2.75, 3.05) is 31.5 Å². The lowest BCUT2D eigenvalue weighted by Crippen LogP contribution is -2.62. The molecule has 0 bridgehead atoms. The fourth-order valence-electron chi connectivity index (χ4n) is 4.15. The molecule has 0 spiro atoms. The Bertz CT molecular complexity index is 976. The zero-order valence-electron chi connectivity index (χ0n) is 18.8. The molecule has 1 fully saturated rings. The molecule has 3 rings (SSSR count). The van der Waals surface area contributed by atoms with Gasteiger partial charge in [-0.15, -0.1) is 0 Å². The van der Waals surface area contributed by atoms with Crippen LogP contribution in [0.15, 0.2) is 30.3 Å². The standard InChI is InChI=1S/C24H31F3N4O/c1-4-9-24(12-29-16(3)11-28)13-31(14-24)23(32)17-6-7-18(25)21(27)22(17)30-20-8-5-15(2)10-19(20)26/h5-8,10,16,29-30H,4,9,11-14,28H2,1-3H3. The van der Waals surface area contributed by atoms with Crippen LogP contribution in [-0.4, -0.2) is 43.0 Å². The molecule has 0 aromatic heterocycles. The molecule has 2 aromatic carbocycles. The highest BCUT2D eigenvalue weighted by Gasteiger charge is 2.45. The highest BCUT2D eigenvalue weighted by molar-refractivity contribution is 6.01. The van der Waals surface area contributed by atoms with Gasteiger partial charge in [-0.25, -0.2) is 13.2 Å². The summed E-state index contributed by atoms with van der Waals surface area (Å²) in [6.45, 7) is 8.06. The van der Waals surface area contributed by atoms with Crippen molar-refractivity contribution >= 4 is 17.3 Å². The van der Waals surface area contributed by atoms with Crippen molar-refractivity contribution in [3.8, 4) is 0 Å². The van der Waals surface area contributed by atoms with Gasteiger partial charge in [-0.1, -0.05) is 19.4 Å². The van der Waals surface area contributed by atoms with Crippen LogP contribution in [0.2, 0.25) is 0 Å². The smallest absolute Gasteiger partial charge is 0.256 e. The van der Waals surface area contributed by atoms with Crippen molar-refractivity contribution in [1.29, 1.82) is 0 Å². The van der Waals surface area contributed by atoms with Crippen LogP contribution in [-0.2, 0) is 0 Å². The van der Waals surface area contributed by atoms with Gasteiger partial charge in [0, 0.05) is 37.6 Å². The van der Waals surface area contributed by atoms with Crippen LogP contribution in [0, 0.1) is 29.8 Å². The molecular weight excluding hydrogens is 417 g/mol. The number of carbonyl (C=O) groups excluding carboxylic acids is 1. The highest BCUT2D eigenvalue weighted by atomic mass is 19.2. The van der Waals surface area contributed by atoms with Crippen molar-refractivity contribution in [3.63, 3.8) is 0 Å². The third kappa shape index (κ3) is 5.07. The molecule has 1 amide bonds. The molecule has 8 heteroatoms. The summed E-state index contributed by atoms with van der Waals surface area (Å²) in [6, 6.07) is 6.69. The summed E-state index contributed by atoms with van der Waals surface area (Å²) in [7, 11) is 0. The molecule has 1 aliphatic heterocycles. The first kappa shape index (κ1) is 24.1. The maximum atomic E-state index is 14.7. The number of amides is 1. The quantitative estimate of drug-likeness (QED) is 0.534. The minimum Gasteiger partial charge on any atom is -0.350 e. The van der Waals surface area contributed by atoms with E-state index < -0.39 is 23.4 Å². The van der Waals surface area contributed by atoms with Crippen LogP contribution in [0.1, 0.15) is 42.6 Å². The van der Waals surface area contributed by atoms with Gasteiger partial charge in [0.25, 0.3) is 5.91 Å². The van der Waals surface area contributed by atoms with Crippen molar-refractivity contribution in [1.82, 2.24) is 10.2 Å². The van der Waals surface area contributed by atoms with Gasteiger partial charge in [0.15, 0.2) is 11.6 Å². The second kappa shape index (κ2) is 9.92. The number of likely N-dealkylation sites (tertiary alicyclic amines) is 1. The van der Waals surface area contributed by atoms with Gasteiger partial charge in [-0.2, -0.15) is 0 Å². The topological polar surface area (TPSA) is 70.4 Å². The van der Waals surface area contributed by atoms with Crippen LogP contribution >= 0.6 is 0 Å². The molecule has 1 heterocycles. The average Bonchev–Trinajstić information content (AvgIpc) is 2.73. The minimum absolute atomic E-state index is 0.0296. The monoisotopic (exact) mass is 448 g/mol. The number of nitrogens with one attached hydrogen (secondary N) is 2. The van der Waals surface area contributed by atoms with Gasteiger partial charge in [-0.05, 0) is 50.1 Å². The lowest BCUT2D eigenvalue weighted by atomic mass is 9.75. The van der Waals surface area contributed by atoms with E-state index in [0.29, 0.717) is 25.2 Å². The summed E-state index contributed by atoms with van der Waals surface area (Å²) in [5.74, 6) is -3.36. The molecule has 5 nitrogen and oxygen atoms in total. The second-order valence-corrected chi connectivity index (χ2v) is 8.82. The number of rotatable bonds is 9. The molecule has 0 aliphatic carbocycles. The zero-order chi connectivity index (χ0) is 23.5. The normalized spacial score (nSPS) is 15.9. The van der Waals surface area contributed by atoms with Gasteiger partial charge < -0.3 is 21.3 Å². The Morgan fingerprint density at radius 2 is 1.91 bits per heavy atom. The number of anilines is 2. The average molecular weight is 449 g/mol. The summed E-state index contributed by atoms with van der Waals surface area (Å²) in [4.78, 5) is 14.8. The number of hydrogen-bond donors (Lipinski definition) is 3. The van der Waals surface area contributed by atoms with E-state index in [1.54, 1.807) is 17.9 Å². The third-order valence-electron chi connectivity index (χ3n) is 6.01. The van der Waals surface area contributed by atoms with E-state index in [-0.39, 0.29) is 28.4 Å². The van der Waals surface area contributed by atoms with Gasteiger partial charge >= 0.3 is 0 Å². The lowest BCUT2D eigenvalue weighted by molar-refractivity contribution is -0.0000633. The van der Waals surface area contributed by atoms with Gasteiger partial charge in [0.05, 0.1) is 16.9 Å². The number of benzene rings is 2. The van der Waals surface area contributed by atoms with Crippen LogP contribution in [0.25, 0.3) is 0 Å². The van der Waals surface area contributed by atoms with E-state index in [2.05, 4.69) is 17.6 Å². The Hall–Kier alpha value is -2.58. The molecule has 32 heavy (non-hydrogen) atoms. The SMILES string of the molecule is CCCC1(CNC(C)CN)CN(C(=O)c2ccc(F)c(F)c2Nc2ccc(C)cc2F)C1. The molecule has 0 radical (unpaired) electrons. The molecule has 0 saturated carbocycles. The fourth-order valence-corrected chi connectivity index (χ4v) is 4.15. The number of nitrogens with zero attached hydrogens (tertiary/aromatic N) is 1. The van der Waals surface area contributed by atoms with E-state index in [1.165, 1.54) is 18.2 Å². The van der Waals surface area contributed by atoms with Crippen LogP contribution in [0.4, 0.5) is 24.5 Å². The van der Waals surface area contributed by atoms with E-state index in [9.17, 15) is 18.0 Å². The first-order chi connectivity index (χ1) is 15.2. The Morgan fingerprint density at radius 3 is 2.53 bits per heavy atom. The van der Waals surface area contributed by atoms with Crippen LogP contribution < -0.4 is 16.4 Å². The molecule has 1 unspecified atom stereocenters.